The van der Waals surface area contributed by atoms with Crippen LogP contribution < -0.4 is 14.8 Å². The molecule has 3 rings (SSSR count). The van der Waals surface area contributed by atoms with Crippen LogP contribution in [0.5, 0.6) is 11.5 Å². The summed E-state index contributed by atoms with van der Waals surface area (Å²) in [6, 6.07) is 8.77. The minimum Gasteiger partial charge on any atom is -0.490 e. The van der Waals surface area contributed by atoms with E-state index in [1.165, 1.54) is 6.33 Å². The Bertz CT molecular complexity index is 822. The summed E-state index contributed by atoms with van der Waals surface area (Å²) in [5, 5.41) is 8.87. The quantitative estimate of drug-likeness (QED) is 0.685. The number of ether oxygens (including phenoxy) is 2. The number of aromatic amines is 1. The number of nitrogens with zero attached hydrogens (tertiary/aromatic N) is 3. The van der Waals surface area contributed by atoms with Gasteiger partial charge in [-0.05, 0) is 31.2 Å². The van der Waals surface area contributed by atoms with Gasteiger partial charge in [-0.15, -0.1) is 0 Å². The van der Waals surface area contributed by atoms with E-state index in [9.17, 15) is 4.79 Å². The number of pyridine rings is 1. The van der Waals surface area contributed by atoms with Gasteiger partial charge in [0.2, 0.25) is 5.95 Å². The van der Waals surface area contributed by atoms with E-state index < -0.39 is 0 Å². The van der Waals surface area contributed by atoms with Crippen molar-refractivity contribution in [3.8, 4) is 11.5 Å². The number of benzene rings is 1. The van der Waals surface area contributed by atoms with Gasteiger partial charge in [0.05, 0.1) is 6.61 Å². The molecule has 2 heterocycles. The Morgan fingerprint density at radius 3 is 2.88 bits per heavy atom. The molecule has 0 radical (unpaired) electrons. The van der Waals surface area contributed by atoms with Gasteiger partial charge < -0.3 is 9.47 Å². The second kappa shape index (κ2) is 7.91. The lowest BCUT2D eigenvalue weighted by atomic mass is 10.2. The molecule has 0 spiro atoms. The highest BCUT2D eigenvalue weighted by Gasteiger charge is 2.13. The highest BCUT2D eigenvalue weighted by Crippen LogP contribution is 2.29. The van der Waals surface area contributed by atoms with E-state index in [1.54, 1.807) is 30.6 Å². The number of hydrogen-bond donors (Lipinski definition) is 2. The van der Waals surface area contributed by atoms with Crippen molar-refractivity contribution in [1.82, 2.24) is 20.2 Å². The van der Waals surface area contributed by atoms with Crippen molar-refractivity contribution in [3.05, 3.63) is 60.2 Å². The van der Waals surface area contributed by atoms with Crippen LogP contribution >= 0.6 is 0 Å². The Morgan fingerprint density at radius 2 is 2.16 bits per heavy atom. The maximum absolute atomic E-state index is 12.3. The van der Waals surface area contributed by atoms with E-state index in [0.717, 1.165) is 5.56 Å². The van der Waals surface area contributed by atoms with Crippen molar-refractivity contribution in [1.29, 1.82) is 0 Å². The molecule has 0 saturated heterocycles. The first-order chi connectivity index (χ1) is 12.3. The van der Waals surface area contributed by atoms with Crippen LogP contribution in [0.2, 0.25) is 0 Å². The predicted molar refractivity (Wildman–Crippen MR) is 90.5 cm³/mol. The molecule has 0 aliphatic rings. The number of carbonyl (C=O) groups is 1. The fourth-order valence-electron chi connectivity index (χ4n) is 2.13. The summed E-state index contributed by atoms with van der Waals surface area (Å²) in [6.07, 6.45) is 4.76. The van der Waals surface area contributed by atoms with Crippen molar-refractivity contribution >= 4 is 11.9 Å². The van der Waals surface area contributed by atoms with Crippen LogP contribution in [-0.4, -0.2) is 32.7 Å². The summed E-state index contributed by atoms with van der Waals surface area (Å²) < 4.78 is 11.4. The molecular weight excluding hydrogens is 322 g/mol. The predicted octanol–water partition coefficient (Wildman–Crippen LogP) is 2.43. The number of hydrogen-bond acceptors (Lipinski definition) is 6. The van der Waals surface area contributed by atoms with Gasteiger partial charge in [0.15, 0.2) is 11.5 Å². The van der Waals surface area contributed by atoms with Gasteiger partial charge in [-0.1, -0.05) is 6.07 Å². The summed E-state index contributed by atoms with van der Waals surface area (Å²) in [7, 11) is 0. The third kappa shape index (κ3) is 4.31. The van der Waals surface area contributed by atoms with E-state index in [0.29, 0.717) is 30.3 Å². The van der Waals surface area contributed by atoms with Gasteiger partial charge in [0.1, 0.15) is 12.9 Å². The van der Waals surface area contributed by atoms with E-state index in [1.807, 2.05) is 19.1 Å². The smallest absolute Gasteiger partial charge is 0.258 e. The largest absolute Gasteiger partial charge is 0.490 e. The maximum Gasteiger partial charge on any atom is 0.258 e. The van der Waals surface area contributed by atoms with Crippen LogP contribution in [0.3, 0.4) is 0 Å². The highest BCUT2D eigenvalue weighted by atomic mass is 16.5. The third-order valence-corrected chi connectivity index (χ3v) is 3.27. The minimum absolute atomic E-state index is 0.278. The molecule has 0 saturated carbocycles. The molecular formula is C17H17N5O3. The lowest BCUT2D eigenvalue weighted by molar-refractivity contribution is 0.102. The molecule has 0 aliphatic heterocycles. The molecule has 25 heavy (non-hydrogen) atoms. The molecule has 0 bridgehead atoms. The topological polar surface area (TPSA) is 102 Å². The first-order valence-corrected chi connectivity index (χ1v) is 7.71. The SMILES string of the molecule is CCOc1cc(C(=O)Nc2ncn[nH]2)ccc1OCc1cccnc1. The van der Waals surface area contributed by atoms with Crippen molar-refractivity contribution in [3.63, 3.8) is 0 Å². The van der Waals surface area contributed by atoms with Crippen LogP contribution in [0, 0.1) is 0 Å². The molecule has 0 aliphatic carbocycles. The zero-order valence-corrected chi connectivity index (χ0v) is 13.6. The lowest BCUT2D eigenvalue weighted by Crippen LogP contribution is -2.13. The maximum atomic E-state index is 12.3. The average molecular weight is 339 g/mol. The first kappa shape index (κ1) is 16.4. The van der Waals surface area contributed by atoms with Crippen LogP contribution in [0.4, 0.5) is 5.95 Å². The Morgan fingerprint density at radius 1 is 1.24 bits per heavy atom. The number of rotatable bonds is 7. The molecule has 0 atom stereocenters. The van der Waals surface area contributed by atoms with Crippen molar-refractivity contribution in [2.45, 2.75) is 13.5 Å². The molecule has 1 amide bonds. The third-order valence-electron chi connectivity index (χ3n) is 3.27. The molecule has 2 aromatic heterocycles. The summed E-state index contributed by atoms with van der Waals surface area (Å²) in [5.41, 5.74) is 1.37. The van der Waals surface area contributed by atoms with E-state index in [-0.39, 0.29) is 11.9 Å². The highest BCUT2D eigenvalue weighted by molar-refractivity contribution is 6.03. The fourth-order valence-corrected chi connectivity index (χ4v) is 2.13. The molecule has 1 aromatic carbocycles. The number of anilines is 1. The number of nitrogens with one attached hydrogen (secondary N) is 2. The van der Waals surface area contributed by atoms with Crippen molar-refractivity contribution in [2.75, 3.05) is 11.9 Å². The Kier molecular flexibility index (Phi) is 5.20. The molecule has 3 aromatic rings. The lowest BCUT2D eigenvalue weighted by Gasteiger charge is -2.13. The van der Waals surface area contributed by atoms with Gasteiger partial charge in [-0.25, -0.2) is 5.10 Å². The summed E-state index contributed by atoms with van der Waals surface area (Å²) in [6.45, 7) is 2.68. The Balaban J connectivity index is 1.74. The van der Waals surface area contributed by atoms with Crippen LogP contribution in [0.1, 0.15) is 22.8 Å². The van der Waals surface area contributed by atoms with Crippen molar-refractivity contribution in [2.24, 2.45) is 0 Å². The van der Waals surface area contributed by atoms with Gasteiger partial charge in [0.25, 0.3) is 5.91 Å². The summed E-state index contributed by atoms with van der Waals surface area (Å²) in [4.78, 5) is 20.2. The summed E-state index contributed by atoms with van der Waals surface area (Å²) in [5.74, 6) is 1.01. The molecule has 128 valence electrons. The molecule has 0 fully saturated rings. The minimum atomic E-state index is -0.323. The number of amides is 1. The van der Waals surface area contributed by atoms with Crippen LogP contribution in [-0.2, 0) is 6.61 Å². The van der Waals surface area contributed by atoms with Crippen LogP contribution in [0.25, 0.3) is 0 Å². The molecule has 8 heteroatoms. The van der Waals surface area contributed by atoms with Gasteiger partial charge in [-0.3, -0.25) is 15.1 Å². The van der Waals surface area contributed by atoms with Gasteiger partial charge in [0, 0.05) is 23.5 Å². The van der Waals surface area contributed by atoms with Gasteiger partial charge in [-0.2, -0.15) is 10.1 Å². The standard InChI is InChI=1S/C17H17N5O3/c1-2-24-15-8-13(16(23)21-17-19-11-20-22-17)5-6-14(15)25-10-12-4-3-7-18-9-12/h3-9,11H,2,10H2,1H3,(H2,19,20,21,22,23). The van der Waals surface area contributed by atoms with Gasteiger partial charge >= 0.3 is 0 Å². The molecule has 8 nitrogen and oxygen atoms in total. The second-order valence-corrected chi connectivity index (χ2v) is 5.03. The number of aromatic nitrogens is 4. The molecule has 2 N–H and O–H groups in total. The fraction of sp³-hybridized carbons (Fsp3) is 0.176. The van der Waals surface area contributed by atoms with E-state index in [4.69, 9.17) is 9.47 Å². The summed E-state index contributed by atoms with van der Waals surface area (Å²) >= 11 is 0. The zero-order chi connectivity index (χ0) is 17.5. The number of carbonyl (C=O) groups excluding carboxylic acids is 1. The van der Waals surface area contributed by atoms with E-state index in [2.05, 4.69) is 25.5 Å². The Labute approximate surface area is 144 Å². The van der Waals surface area contributed by atoms with Crippen LogP contribution in [0.15, 0.2) is 49.1 Å². The Hall–Kier alpha value is -3.42. The first-order valence-electron chi connectivity index (χ1n) is 7.71. The zero-order valence-electron chi connectivity index (χ0n) is 13.6. The monoisotopic (exact) mass is 339 g/mol. The normalized spacial score (nSPS) is 10.3. The molecule has 0 unspecified atom stereocenters. The second-order valence-electron chi connectivity index (χ2n) is 5.03. The van der Waals surface area contributed by atoms with E-state index >= 15 is 0 Å². The average Bonchev–Trinajstić information content (AvgIpc) is 3.14. The van der Waals surface area contributed by atoms with Crippen molar-refractivity contribution < 1.29 is 14.3 Å². The number of H-pyrrole nitrogens is 1.